The number of benzene rings is 4. The molecule has 0 N–H and O–H groups in total. The Morgan fingerprint density at radius 2 is 1.33 bits per heavy atom. The van der Waals surface area contributed by atoms with Gasteiger partial charge in [-0.2, -0.15) is 5.10 Å². The summed E-state index contributed by atoms with van der Waals surface area (Å²) in [6.07, 6.45) is 8.43. The highest BCUT2D eigenvalue weighted by atomic mass is 15.5. The van der Waals surface area contributed by atoms with Gasteiger partial charge in [-0.15, -0.1) is 0 Å². The first-order valence-corrected chi connectivity index (χ1v) is 17.4. The predicted octanol–water partition coefficient (Wildman–Crippen LogP) is 9.90. The molecule has 0 fully saturated rings. The Balaban J connectivity index is 1.35. The monoisotopic (exact) mass is 633 g/mol. The first-order chi connectivity index (χ1) is 23.6. The molecule has 6 rings (SSSR count). The first-order valence-electron chi connectivity index (χ1n) is 17.4. The van der Waals surface area contributed by atoms with Gasteiger partial charge in [0.25, 0.3) is 0 Å². The van der Waals surface area contributed by atoms with Crippen molar-refractivity contribution in [2.24, 2.45) is 5.10 Å². The summed E-state index contributed by atoms with van der Waals surface area (Å²) in [5.41, 5.74) is 9.48. The fourth-order valence-electron chi connectivity index (χ4n) is 6.53. The van der Waals surface area contributed by atoms with Gasteiger partial charge < -0.3 is 9.80 Å². The van der Waals surface area contributed by atoms with Crippen molar-refractivity contribution in [2.75, 3.05) is 41.0 Å². The molecule has 1 aliphatic heterocycles. The second-order valence-electron chi connectivity index (χ2n) is 12.2. The number of hydrogen-bond donors (Lipinski definition) is 0. The summed E-state index contributed by atoms with van der Waals surface area (Å²) >= 11 is 0. The SMILES string of the molecule is CCN(CC)c1ccc(C=CC2CC(C=C(Cc3ccccc3)c3ccc(N(CC)CC)cc3)=NN2c2ccc3ccccc3n2)cc1. The van der Waals surface area contributed by atoms with Crippen LogP contribution >= 0.6 is 0 Å². The van der Waals surface area contributed by atoms with Crippen molar-refractivity contribution in [1.29, 1.82) is 0 Å². The van der Waals surface area contributed by atoms with Crippen LogP contribution in [-0.4, -0.2) is 42.9 Å². The lowest BCUT2D eigenvalue weighted by atomic mass is 9.95. The summed E-state index contributed by atoms with van der Waals surface area (Å²) in [6, 6.07) is 41.2. The zero-order chi connectivity index (χ0) is 33.3. The van der Waals surface area contributed by atoms with Gasteiger partial charge in [-0.3, -0.25) is 0 Å². The molecule has 0 saturated carbocycles. The predicted molar refractivity (Wildman–Crippen MR) is 207 cm³/mol. The van der Waals surface area contributed by atoms with Crippen LogP contribution in [0.2, 0.25) is 0 Å². The summed E-state index contributed by atoms with van der Waals surface area (Å²) in [5, 5.41) is 8.47. The van der Waals surface area contributed by atoms with Crippen molar-refractivity contribution >= 4 is 45.5 Å². The number of rotatable bonds is 13. The molecule has 244 valence electrons. The number of hydrazone groups is 1. The van der Waals surface area contributed by atoms with Gasteiger partial charge in [0.05, 0.1) is 17.3 Å². The Kier molecular flexibility index (Phi) is 10.7. The van der Waals surface area contributed by atoms with E-state index in [1.54, 1.807) is 0 Å². The Labute approximate surface area is 286 Å². The lowest BCUT2D eigenvalue weighted by molar-refractivity contribution is 0.779. The van der Waals surface area contributed by atoms with Crippen molar-refractivity contribution in [3.63, 3.8) is 0 Å². The maximum atomic E-state index is 5.24. The normalized spacial score (nSPS) is 14.9. The number of pyridine rings is 1. The second-order valence-corrected chi connectivity index (χ2v) is 12.2. The minimum absolute atomic E-state index is 0.0374. The third kappa shape index (κ3) is 7.69. The molecule has 4 aromatic carbocycles. The molecule has 2 heterocycles. The van der Waals surface area contributed by atoms with Crippen molar-refractivity contribution in [1.82, 2.24) is 4.98 Å². The van der Waals surface area contributed by atoms with E-state index in [4.69, 9.17) is 10.1 Å². The van der Waals surface area contributed by atoms with Crippen LogP contribution in [0.25, 0.3) is 22.6 Å². The third-order valence-electron chi connectivity index (χ3n) is 9.26. The van der Waals surface area contributed by atoms with Gasteiger partial charge in [0.15, 0.2) is 0 Å². The van der Waals surface area contributed by atoms with E-state index in [1.807, 2.05) is 6.07 Å². The largest absolute Gasteiger partial charge is 0.372 e. The van der Waals surface area contributed by atoms with Gasteiger partial charge in [0.1, 0.15) is 5.82 Å². The van der Waals surface area contributed by atoms with E-state index in [-0.39, 0.29) is 6.04 Å². The number of aromatic nitrogens is 1. The number of para-hydroxylation sites is 1. The molecule has 1 atom stereocenters. The average Bonchev–Trinajstić information content (AvgIpc) is 3.55. The van der Waals surface area contributed by atoms with Crippen molar-refractivity contribution in [2.45, 2.75) is 46.6 Å². The van der Waals surface area contributed by atoms with Gasteiger partial charge >= 0.3 is 0 Å². The van der Waals surface area contributed by atoms with E-state index in [0.29, 0.717) is 0 Å². The molecule has 1 unspecified atom stereocenters. The van der Waals surface area contributed by atoms with Crippen LogP contribution in [0.3, 0.4) is 0 Å². The van der Waals surface area contributed by atoms with Gasteiger partial charge in [-0.05, 0) is 105 Å². The molecule has 1 aromatic heterocycles. The van der Waals surface area contributed by atoms with Gasteiger partial charge in [-0.25, -0.2) is 9.99 Å². The Morgan fingerprint density at radius 1 is 0.708 bits per heavy atom. The lowest BCUT2D eigenvalue weighted by Gasteiger charge is -2.21. The Hall–Kier alpha value is -5.16. The average molecular weight is 634 g/mol. The van der Waals surface area contributed by atoms with Gasteiger partial charge in [-0.1, -0.05) is 84.9 Å². The number of nitrogens with zero attached hydrogens (tertiary/aromatic N) is 5. The molecule has 5 aromatic rings. The van der Waals surface area contributed by atoms with Crippen molar-refractivity contribution < 1.29 is 0 Å². The smallest absolute Gasteiger partial charge is 0.150 e. The molecule has 48 heavy (non-hydrogen) atoms. The molecule has 5 heteroatoms. The standard InChI is InChI=1S/C43H47N5/c1-5-46(6-2)39-24-18-33(19-25-39)20-26-41-32-38(45-48(41)43-29-23-36-16-12-13-17-42(36)44-43)31-37(30-34-14-10-9-11-15-34)35-21-27-40(28-22-35)47(7-3)8-4/h9-29,31,41H,5-8,30,32H2,1-4H3. The van der Waals surface area contributed by atoms with Crippen molar-refractivity contribution in [3.05, 3.63) is 144 Å². The summed E-state index contributed by atoms with van der Waals surface area (Å²) < 4.78 is 0. The molecule has 0 radical (unpaired) electrons. The summed E-state index contributed by atoms with van der Waals surface area (Å²) in [7, 11) is 0. The molecule has 0 spiro atoms. The maximum Gasteiger partial charge on any atom is 0.150 e. The van der Waals surface area contributed by atoms with Crippen LogP contribution in [0, 0.1) is 0 Å². The molecule has 5 nitrogen and oxygen atoms in total. The van der Waals surface area contributed by atoms with Gasteiger partial charge in [0, 0.05) is 49.4 Å². The topological polar surface area (TPSA) is 35.0 Å². The van der Waals surface area contributed by atoms with Crippen LogP contribution in [0.1, 0.15) is 50.8 Å². The van der Waals surface area contributed by atoms with Crippen LogP contribution in [0.4, 0.5) is 17.2 Å². The molecular weight excluding hydrogens is 587 g/mol. The van der Waals surface area contributed by atoms with Crippen LogP contribution in [0.15, 0.2) is 133 Å². The molecule has 0 aliphatic carbocycles. The molecule has 1 aliphatic rings. The quantitative estimate of drug-likeness (QED) is 0.129. The minimum Gasteiger partial charge on any atom is -0.372 e. The van der Waals surface area contributed by atoms with Crippen LogP contribution < -0.4 is 14.8 Å². The number of hydrogen-bond acceptors (Lipinski definition) is 5. The zero-order valence-electron chi connectivity index (χ0n) is 28.8. The third-order valence-corrected chi connectivity index (χ3v) is 9.26. The zero-order valence-corrected chi connectivity index (χ0v) is 28.8. The molecule has 0 amide bonds. The van der Waals surface area contributed by atoms with E-state index < -0.39 is 0 Å². The fraction of sp³-hybridized carbons (Fsp3) is 0.256. The Bertz CT molecular complexity index is 1870. The summed E-state index contributed by atoms with van der Waals surface area (Å²) in [6.45, 7) is 12.8. The summed E-state index contributed by atoms with van der Waals surface area (Å²) in [4.78, 5) is 9.80. The maximum absolute atomic E-state index is 5.24. The second kappa shape index (κ2) is 15.6. The Morgan fingerprint density at radius 3 is 2.00 bits per heavy atom. The van der Waals surface area contributed by atoms with E-state index in [1.165, 1.54) is 33.6 Å². The minimum atomic E-state index is 0.0374. The highest BCUT2D eigenvalue weighted by Gasteiger charge is 2.26. The van der Waals surface area contributed by atoms with Crippen LogP contribution in [0.5, 0.6) is 0 Å². The number of anilines is 3. The van der Waals surface area contributed by atoms with E-state index >= 15 is 0 Å². The molecule has 0 bridgehead atoms. The highest BCUT2D eigenvalue weighted by molar-refractivity contribution is 6.04. The number of fused-ring (bicyclic) bond motifs is 1. The fourth-order valence-corrected chi connectivity index (χ4v) is 6.53. The lowest BCUT2D eigenvalue weighted by Crippen LogP contribution is -2.25. The van der Waals surface area contributed by atoms with E-state index in [9.17, 15) is 0 Å². The highest BCUT2D eigenvalue weighted by Crippen LogP contribution is 2.30. The van der Waals surface area contributed by atoms with E-state index in [0.717, 1.165) is 61.5 Å². The summed E-state index contributed by atoms with van der Waals surface area (Å²) in [5.74, 6) is 0.858. The first kappa shape index (κ1) is 32.8. The van der Waals surface area contributed by atoms with E-state index in [2.05, 4.69) is 170 Å². The van der Waals surface area contributed by atoms with Crippen LogP contribution in [-0.2, 0) is 6.42 Å². The van der Waals surface area contributed by atoms with Gasteiger partial charge in [0.2, 0.25) is 0 Å². The molecular formula is C43H47N5. The molecule has 0 saturated heterocycles. The number of allylic oxidation sites excluding steroid dienone is 2. The van der Waals surface area contributed by atoms with Crippen molar-refractivity contribution in [3.8, 4) is 0 Å².